The monoisotopic (exact) mass is 453 g/mol. The molecule has 0 aromatic heterocycles. The van der Waals surface area contributed by atoms with E-state index < -0.39 is 10.0 Å². The van der Waals surface area contributed by atoms with Gasteiger partial charge in [0.05, 0.1) is 24.8 Å². The first-order chi connectivity index (χ1) is 15.3. The Labute approximate surface area is 186 Å². The van der Waals surface area contributed by atoms with Crippen LogP contribution in [-0.2, 0) is 10.0 Å². The minimum Gasteiger partial charge on any atom is -0.493 e. The first-order valence-electron chi connectivity index (χ1n) is 9.59. The minimum absolute atomic E-state index is 0.118. The average Bonchev–Trinajstić information content (AvgIpc) is 2.82. The first-order valence-corrected chi connectivity index (χ1v) is 11.1. The van der Waals surface area contributed by atoms with Gasteiger partial charge in [0.25, 0.3) is 15.9 Å². The van der Waals surface area contributed by atoms with Crippen molar-refractivity contribution in [3.63, 3.8) is 0 Å². The summed E-state index contributed by atoms with van der Waals surface area (Å²) in [7, 11) is -0.752. The van der Waals surface area contributed by atoms with Crippen molar-refractivity contribution in [1.29, 1.82) is 0 Å². The number of hydrogen-bond donors (Lipinski definition) is 2. The lowest BCUT2D eigenvalue weighted by Crippen LogP contribution is -2.20. The van der Waals surface area contributed by atoms with E-state index in [0.29, 0.717) is 34.0 Å². The van der Waals surface area contributed by atoms with Crippen LogP contribution in [0.2, 0.25) is 0 Å². The zero-order chi connectivity index (χ0) is 23.1. The van der Waals surface area contributed by atoms with E-state index in [2.05, 4.69) is 15.2 Å². The van der Waals surface area contributed by atoms with Crippen molar-refractivity contribution >= 4 is 27.3 Å². The number of benzene rings is 3. The highest BCUT2D eigenvalue weighted by atomic mass is 32.2. The Morgan fingerprint density at radius 3 is 2.25 bits per heavy atom. The summed E-state index contributed by atoms with van der Waals surface area (Å²) in [5.41, 5.74) is 2.01. The molecule has 0 aliphatic carbocycles. The molecule has 0 fully saturated rings. The van der Waals surface area contributed by atoms with Crippen molar-refractivity contribution in [1.82, 2.24) is 4.83 Å². The quantitative estimate of drug-likeness (QED) is 0.400. The van der Waals surface area contributed by atoms with Crippen LogP contribution in [0.3, 0.4) is 0 Å². The van der Waals surface area contributed by atoms with Gasteiger partial charge in [-0.15, -0.1) is 0 Å². The maximum atomic E-state index is 12.6. The second-order valence-electron chi connectivity index (χ2n) is 6.71. The molecule has 0 aliphatic rings. The van der Waals surface area contributed by atoms with E-state index in [9.17, 15) is 13.2 Å². The highest BCUT2D eigenvalue weighted by Crippen LogP contribution is 2.28. The number of hydrazone groups is 1. The molecule has 3 aromatic carbocycles. The molecule has 8 nitrogen and oxygen atoms in total. The number of carbonyl (C=O) groups excluding carboxylic acids is 1. The number of ether oxygens (including phenoxy) is 2. The second kappa shape index (κ2) is 9.97. The van der Waals surface area contributed by atoms with E-state index in [1.54, 1.807) is 67.6 Å². The topological polar surface area (TPSA) is 106 Å². The van der Waals surface area contributed by atoms with Crippen molar-refractivity contribution in [3.05, 3.63) is 83.9 Å². The maximum absolute atomic E-state index is 12.6. The van der Waals surface area contributed by atoms with E-state index in [1.807, 2.05) is 0 Å². The standard InChI is InChI=1S/C23H23N3O5S/c1-16(25-26-32(28,29)20-10-5-4-6-11-20)17-8-7-9-19(14-17)24-23(27)18-12-13-21(30-2)22(15-18)31-3/h4-15,26H,1-3H3,(H,24,27)/b25-16-. The summed E-state index contributed by atoms with van der Waals surface area (Å²) >= 11 is 0. The number of anilines is 1. The van der Waals surface area contributed by atoms with Gasteiger partial charge in [0.2, 0.25) is 0 Å². The molecule has 0 spiro atoms. The van der Waals surface area contributed by atoms with Crippen LogP contribution in [0.1, 0.15) is 22.8 Å². The summed E-state index contributed by atoms with van der Waals surface area (Å²) in [5, 5.41) is 6.81. The highest BCUT2D eigenvalue weighted by Gasteiger charge is 2.13. The first kappa shape index (κ1) is 22.8. The van der Waals surface area contributed by atoms with Gasteiger partial charge in [-0.25, -0.2) is 0 Å². The molecule has 0 saturated carbocycles. The Balaban J connectivity index is 1.75. The zero-order valence-corrected chi connectivity index (χ0v) is 18.6. The molecule has 1 amide bonds. The van der Waals surface area contributed by atoms with Gasteiger partial charge in [0.1, 0.15) is 0 Å². The molecule has 166 valence electrons. The number of amides is 1. The fourth-order valence-electron chi connectivity index (χ4n) is 2.85. The molecule has 32 heavy (non-hydrogen) atoms. The molecule has 0 saturated heterocycles. The predicted octanol–water partition coefficient (Wildman–Crippen LogP) is 3.66. The molecule has 9 heteroatoms. The number of carbonyl (C=O) groups is 1. The van der Waals surface area contributed by atoms with Crippen molar-refractivity contribution in [2.75, 3.05) is 19.5 Å². The third-order valence-corrected chi connectivity index (χ3v) is 5.80. The molecular formula is C23H23N3O5S. The van der Waals surface area contributed by atoms with Gasteiger partial charge in [-0.1, -0.05) is 30.3 Å². The van der Waals surface area contributed by atoms with Crippen LogP contribution in [0.15, 0.2) is 82.8 Å². The minimum atomic E-state index is -3.77. The summed E-state index contributed by atoms with van der Waals surface area (Å²) in [4.78, 5) is 15.0. The number of rotatable bonds is 8. The molecule has 0 heterocycles. The van der Waals surface area contributed by atoms with E-state index >= 15 is 0 Å². The summed E-state index contributed by atoms with van der Waals surface area (Å²) < 4.78 is 35.1. The summed E-state index contributed by atoms with van der Waals surface area (Å²) in [6.07, 6.45) is 0. The molecule has 0 atom stereocenters. The van der Waals surface area contributed by atoms with Crippen LogP contribution in [-0.4, -0.2) is 34.3 Å². The van der Waals surface area contributed by atoms with Gasteiger partial charge in [0, 0.05) is 11.3 Å². The predicted molar refractivity (Wildman–Crippen MR) is 123 cm³/mol. The van der Waals surface area contributed by atoms with Crippen LogP contribution in [0.4, 0.5) is 5.69 Å². The Bertz CT molecular complexity index is 1240. The summed E-state index contributed by atoms with van der Waals surface area (Å²) in [5.74, 6) is 0.640. The molecule has 0 aliphatic heterocycles. The summed E-state index contributed by atoms with van der Waals surface area (Å²) in [6.45, 7) is 1.67. The van der Waals surface area contributed by atoms with E-state index in [1.165, 1.54) is 26.4 Å². The fourth-order valence-corrected chi connectivity index (χ4v) is 3.73. The smallest absolute Gasteiger partial charge is 0.276 e. The normalized spacial score (nSPS) is 11.5. The zero-order valence-electron chi connectivity index (χ0n) is 17.8. The molecule has 3 aromatic rings. The molecular weight excluding hydrogens is 430 g/mol. The maximum Gasteiger partial charge on any atom is 0.276 e. The third kappa shape index (κ3) is 5.44. The number of methoxy groups -OCH3 is 2. The largest absolute Gasteiger partial charge is 0.493 e. The fraction of sp³-hybridized carbons (Fsp3) is 0.130. The van der Waals surface area contributed by atoms with Crippen molar-refractivity contribution in [3.8, 4) is 11.5 Å². The Kier molecular flexibility index (Phi) is 7.11. The number of hydrogen-bond acceptors (Lipinski definition) is 6. The van der Waals surface area contributed by atoms with E-state index in [-0.39, 0.29) is 10.8 Å². The van der Waals surface area contributed by atoms with Crippen molar-refractivity contribution < 1.29 is 22.7 Å². The van der Waals surface area contributed by atoms with Gasteiger partial charge >= 0.3 is 0 Å². The van der Waals surface area contributed by atoms with E-state index in [4.69, 9.17) is 9.47 Å². The lowest BCUT2D eigenvalue weighted by Gasteiger charge is -2.11. The number of sulfonamides is 1. The van der Waals surface area contributed by atoms with Crippen LogP contribution in [0, 0.1) is 0 Å². The van der Waals surface area contributed by atoms with Gasteiger partial charge in [-0.2, -0.15) is 18.4 Å². The molecule has 0 bridgehead atoms. The average molecular weight is 454 g/mol. The molecule has 0 radical (unpaired) electrons. The Morgan fingerprint density at radius 2 is 1.56 bits per heavy atom. The molecule has 3 rings (SSSR count). The van der Waals surface area contributed by atoms with Gasteiger partial charge in [-0.3, -0.25) is 4.79 Å². The van der Waals surface area contributed by atoms with Crippen LogP contribution >= 0.6 is 0 Å². The third-order valence-electron chi connectivity index (χ3n) is 4.57. The number of nitrogens with zero attached hydrogens (tertiary/aromatic N) is 1. The summed E-state index contributed by atoms with van der Waals surface area (Å²) in [6, 6.07) is 19.8. The lowest BCUT2D eigenvalue weighted by atomic mass is 10.1. The van der Waals surface area contributed by atoms with Gasteiger partial charge < -0.3 is 14.8 Å². The second-order valence-corrected chi connectivity index (χ2v) is 8.37. The Morgan fingerprint density at radius 1 is 0.844 bits per heavy atom. The molecule has 0 unspecified atom stereocenters. The Hall–Kier alpha value is -3.85. The van der Waals surface area contributed by atoms with E-state index in [0.717, 1.165) is 0 Å². The highest BCUT2D eigenvalue weighted by molar-refractivity contribution is 7.89. The van der Waals surface area contributed by atoms with Crippen molar-refractivity contribution in [2.45, 2.75) is 11.8 Å². The van der Waals surface area contributed by atoms with Crippen LogP contribution in [0.25, 0.3) is 0 Å². The van der Waals surface area contributed by atoms with Gasteiger partial charge in [0.15, 0.2) is 11.5 Å². The molecule has 2 N–H and O–H groups in total. The van der Waals surface area contributed by atoms with Crippen LogP contribution in [0.5, 0.6) is 11.5 Å². The van der Waals surface area contributed by atoms with Crippen LogP contribution < -0.4 is 19.6 Å². The SMILES string of the molecule is COc1ccc(C(=O)Nc2cccc(/C(C)=N\NS(=O)(=O)c3ccccc3)c2)cc1OC. The lowest BCUT2D eigenvalue weighted by molar-refractivity contribution is 0.102. The van der Waals surface area contributed by atoms with Gasteiger partial charge in [-0.05, 0) is 55.0 Å². The van der Waals surface area contributed by atoms with Crippen molar-refractivity contribution in [2.24, 2.45) is 5.10 Å². The number of nitrogens with one attached hydrogen (secondary N) is 2.